The number of nitrogens with zero attached hydrogens (tertiary/aromatic N) is 2. The van der Waals surface area contributed by atoms with E-state index in [0.29, 0.717) is 5.69 Å². The van der Waals surface area contributed by atoms with Gasteiger partial charge in [0.05, 0.1) is 11.4 Å². The van der Waals surface area contributed by atoms with Crippen LogP contribution in [0.15, 0.2) is 27.5 Å². The van der Waals surface area contributed by atoms with Crippen molar-refractivity contribution in [3.8, 4) is 0 Å². The summed E-state index contributed by atoms with van der Waals surface area (Å²) < 4.78 is 28.1. The number of thioether (sulfide) groups is 1. The van der Waals surface area contributed by atoms with Crippen LogP contribution in [0.4, 0.5) is 5.69 Å². The third kappa shape index (κ3) is 3.12. The summed E-state index contributed by atoms with van der Waals surface area (Å²) >= 11 is 1.13. The van der Waals surface area contributed by atoms with E-state index in [1.807, 2.05) is 11.8 Å². The Balaban J connectivity index is 1.73. The number of aryl methyl sites for hydroxylation is 1. The van der Waals surface area contributed by atoms with E-state index in [9.17, 15) is 13.2 Å². The molecule has 2 aliphatic heterocycles. The number of nitrogens with one attached hydrogen (secondary N) is 1. The van der Waals surface area contributed by atoms with E-state index in [2.05, 4.69) is 9.71 Å². The fraction of sp³-hybridized carbons (Fsp3) is 0.429. The van der Waals surface area contributed by atoms with Crippen molar-refractivity contribution in [2.45, 2.75) is 24.7 Å². The number of amidine groups is 1. The molecule has 1 aromatic carbocycles. The first-order chi connectivity index (χ1) is 10.5. The Labute approximate surface area is 134 Å². The van der Waals surface area contributed by atoms with Crippen molar-refractivity contribution < 1.29 is 13.2 Å². The minimum Gasteiger partial charge on any atom is -0.342 e. The molecule has 0 atom stereocenters. The third-order valence-corrected chi connectivity index (χ3v) is 5.96. The number of rotatable bonds is 2. The molecule has 1 aromatic rings. The number of carbonyl (C=O) groups is 1. The molecule has 0 unspecified atom stereocenters. The van der Waals surface area contributed by atoms with E-state index in [1.54, 1.807) is 18.2 Å². The predicted molar refractivity (Wildman–Crippen MR) is 87.7 cm³/mol. The van der Waals surface area contributed by atoms with E-state index in [-0.39, 0.29) is 21.7 Å². The van der Waals surface area contributed by atoms with Crippen LogP contribution in [0.5, 0.6) is 0 Å². The fourth-order valence-electron chi connectivity index (χ4n) is 2.51. The fourth-order valence-corrected chi connectivity index (χ4v) is 4.63. The zero-order chi connectivity index (χ0) is 15.7. The van der Waals surface area contributed by atoms with Crippen LogP contribution >= 0.6 is 11.8 Å². The van der Waals surface area contributed by atoms with E-state index in [0.717, 1.165) is 43.3 Å². The Morgan fingerprint density at radius 3 is 2.82 bits per heavy atom. The van der Waals surface area contributed by atoms with E-state index in [1.165, 1.54) is 0 Å². The number of anilines is 1. The summed E-state index contributed by atoms with van der Waals surface area (Å²) in [5.41, 5.74) is 1.48. The number of fused-ring (bicyclic) bond motifs is 1. The van der Waals surface area contributed by atoms with Crippen LogP contribution in [0, 0.1) is 6.92 Å². The predicted octanol–water partition coefficient (Wildman–Crippen LogP) is 1.82. The summed E-state index contributed by atoms with van der Waals surface area (Å²) in [4.78, 5) is 14.0. The molecule has 0 spiro atoms. The second kappa shape index (κ2) is 5.92. The highest BCUT2D eigenvalue weighted by molar-refractivity contribution is 8.15. The molecular weight excluding hydrogens is 322 g/mol. The lowest BCUT2D eigenvalue weighted by atomic mass is 10.2. The zero-order valence-corrected chi connectivity index (χ0v) is 13.8. The lowest BCUT2D eigenvalue weighted by molar-refractivity contribution is -0.127. The molecule has 3 rings (SSSR count). The molecule has 0 radical (unpaired) electrons. The minimum atomic E-state index is -3.70. The molecule has 0 aromatic heterocycles. The zero-order valence-electron chi connectivity index (χ0n) is 12.2. The van der Waals surface area contributed by atoms with Gasteiger partial charge >= 0.3 is 0 Å². The Bertz CT molecular complexity index is 738. The molecule has 2 heterocycles. The molecule has 0 bridgehead atoms. The Morgan fingerprint density at radius 2 is 2.09 bits per heavy atom. The van der Waals surface area contributed by atoms with Gasteiger partial charge in [-0.15, -0.1) is 4.40 Å². The molecule has 0 aliphatic carbocycles. The van der Waals surface area contributed by atoms with Crippen LogP contribution in [0.2, 0.25) is 0 Å². The van der Waals surface area contributed by atoms with Crippen molar-refractivity contribution in [3.63, 3.8) is 0 Å². The number of amides is 1. The summed E-state index contributed by atoms with van der Waals surface area (Å²) in [6.45, 7) is 3.48. The molecule has 1 N–H and O–H groups in total. The molecule has 8 heteroatoms. The average molecular weight is 339 g/mol. The van der Waals surface area contributed by atoms with Gasteiger partial charge in [-0.2, -0.15) is 8.42 Å². The number of hydrogen-bond donors (Lipinski definition) is 1. The van der Waals surface area contributed by atoms with E-state index in [4.69, 9.17) is 0 Å². The van der Waals surface area contributed by atoms with Gasteiger partial charge in [-0.3, -0.25) is 4.79 Å². The minimum absolute atomic E-state index is 0.0273. The number of hydrogen-bond acceptors (Lipinski definition) is 5. The van der Waals surface area contributed by atoms with Gasteiger partial charge in [0.25, 0.3) is 10.0 Å². The maximum atomic E-state index is 12.2. The second-order valence-electron chi connectivity index (χ2n) is 5.37. The lowest BCUT2D eigenvalue weighted by Gasteiger charge is -2.19. The quantitative estimate of drug-likeness (QED) is 0.889. The van der Waals surface area contributed by atoms with Crippen LogP contribution in [0.1, 0.15) is 18.4 Å². The standard InChI is InChI=1S/C14H17N3O3S2/c1-10-4-5-12-11(8-10)15-14(16-22(12,19)20)21-9-13(18)17-6-2-3-7-17/h4-5,8H,2-3,6-7,9H2,1H3,(H,15,16). The number of benzene rings is 1. The van der Waals surface area contributed by atoms with Gasteiger partial charge in [-0.25, -0.2) is 0 Å². The van der Waals surface area contributed by atoms with Crippen LogP contribution in [0.25, 0.3) is 0 Å². The highest BCUT2D eigenvalue weighted by atomic mass is 32.2. The Kier molecular flexibility index (Phi) is 4.14. The molecule has 6 nitrogen and oxygen atoms in total. The van der Waals surface area contributed by atoms with Crippen LogP contribution < -0.4 is 5.32 Å². The average Bonchev–Trinajstić information content (AvgIpc) is 2.97. The van der Waals surface area contributed by atoms with Crippen molar-refractivity contribution >= 4 is 38.5 Å². The Hall–Kier alpha value is -1.54. The summed E-state index contributed by atoms with van der Waals surface area (Å²) in [5, 5.41) is 3.26. The molecule has 2 aliphatic rings. The van der Waals surface area contributed by atoms with Gasteiger partial charge in [-0.05, 0) is 37.5 Å². The Morgan fingerprint density at radius 1 is 1.36 bits per heavy atom. The monoisotopic (exact) mass is 339 g/mol. The second-order valence-corrected chi connectivity index (χ2v) is 7.91. The van der Waals surface area contributed by atoms with E-state index >= 15 is 0 Å². The molecule has 1 fully saturated rings. The van der Waals surface area contributed by atoms with Gasteiger partial charge in [-0.1, -0.05) is 17.8 Å². The lowest BCUT2D eigenvalue weighted by Crippen LogP contribution is -2.30. The van der Waals surface area contributed by atoms with Crippen molar-refractivity contribution in [2.75, 3.05) is 24.2 Å². The van der Waals surface area contributed by atoms with Crippen molar-refractivity contribution in [3.05, 3.63) is 23.8 Å². The summed E-state index contributed by atoms with van der Waals surface area (Å²) in [7, 11) is -3.70. The van der Waals surface area contributed by atoms with E-state index < -0.39 is 10.0 Å². The first-order valence-electron chi connectivity index (χ1n) is 7.09. The molecule has 1 amide bonds. The van der Waals surface area contributed by atoms with Crippen LogP contribution in [0.3, 0.4) is 0 Å². The van der Waals surface area contributed by atoms with Gasteiger partial charge in [0.1, 0.15) is 4.90 Å². The largest absolute Gasteiger partial charge is 0.342 e. The molecule has 1 saturated heterocycles. The molecule has 118 valence electrons. The first kappa shape index (κ1) is 15.4. The van der Waals surface area contributed by atoms with Gasteiger partial charge in [0.2, 0.25) is 5.91 Å². The maximum Gasteiger partial charge on any atom is 0.286 e. The number of likely N-dealkylation sites (tertiary alicyclic amines) is 1. The van der Waals surface area contributed by atoms with Crippen LogP contribution in [-0.2, 0) is 14.8 Å². The SMILES string of the molecule is Cc1ccc2c(c1)NC(SCC(=O)N1CCCC1)=NS2(=O)=O. The third-order valence-electron chi connectivity index (χ3n) is 3.65. The number of sulfonamides is 1. The maximum absolute atomic E-state index is 12.2. The smallest absolute Gasteiger partial charge is 0.286 e. The summed E-state index contributed by atoms with van der Waals surface area (Å²) in [6.07, 6.45) is 2.08. The molecular formula is C14H17N3O3S2. The van der Waals surface area contributed by atoms with Crippen molar-refractivity contribution in [1.29, 1.82) is 0 Å². The molecule has 22 heavy (non-hydrogen) atoms. The number of carbonyl (C=O) groups excluding carboxylic acids is 1. The van der Waals surface area contributed by atoms with Gasteiger partial charge < -0.3 is 10.2 Å². The normalized spacial score (nSPS) is 19.3. The van der Waals surface area contributed by atoms with Gasteiger partial charge in [0, 0.05) is 13.1 Å². The summed E-state index contributed by atoms with van der Waals surface area (Å²) in [6, 6.07) is 5.06. The topological polar surface area (TPSA) is 78.8 Å². The van der Waals surface area contributed by atoms with Gasteiger partial charge in [0.15, 0.2) is 5.17 Å². The highest BCUT2D eigenvalue weighted by Gasteiger charge is 2.26. The van der Waals surface area contributed by atoms with Crippen molar-refractivity contribution in [1.82, 2.24) is 4.90 Å². The molecule has 0 saturated carbocycles. The first-order valence-corrected chi connectivity index (χ1v) is 9.51. The van der Waals surface area contributed by atoms with Crippen molar-refractivity contribution in [2.24, 2.45) is 4.40 Å². The van der Waals surface area contributed by atoms with Crippen LogP contribution in [-0.4, -0.2) is 43.2 Å². The highest BCUT2D eigenvalue weighted by Crippen LogP contribution is 2.30. The summed E-state index contributed by atoms with van der Waals surface area (Å²) in [5.74, 6) is 0.224.